The first-order chi connectivity index (χ1) is 8.61. The van der Waals surface area contributed by atoms with E-state index >= 15 is 0 Å². The molecule has 0 unspecified atom stereocenters. The van der Waals surface area contributed by atoms with Gasteiger partial charge in [-0.05, 0) is 25.5 Å². The largest absolute Gasteiger partial charge is 0.389 e. The van der Waals surface area contributed by atoms with Crippen molar-refractivity contribution >= 4 is 28.7 Å². The van der Waals surface area contributed by atoms with Gasteiger partial charge in [-0.1, -0.05) is 12.2 Å². The highest BCUT2D eigenvalue weighted by atomic mass is 32.1. The summed E-state index contributed by atoms with van der Waals surface area (Å²) in [6, 6.07) is 1.88. The fraction of sp³-hybridized carbons (Fsp3) is 0.250. The van der Waals surface area contributed by atoms with Crippen LogP contribution in [0.25, 0.3) is 0 Å². The van der Waals surface area contributed by atoms with Crippen LogP contribution in [0.4, 0.5) is 11.5 Å². The molecule has 0 aromatic carbocycles. The summed E-state index contributed by atoms with van der Waals surface area (Å²) in [5.41, 5.74) is 8.38. The van der Waals surface area contributed by atoms with E-state index in [1.807, 2.05) is 30.8 Å². The molecule has 2 aromatic heterocycles. The molecule has 0 atom stereocenters. The van der Waals surface area contributed by atoms with E-state index in [-0.39, 0.29) is 0 Å². The predicted molar refractivity (Wildman–Crippen MR) is 76.0 cm³/mol. The second-order valence-corrected chi connectivity index (χ2v) is 4.37. The zero-order chi connectivity index (χ0) is 13.1. The van der Waals surface area contributed by atoms with E-state index in [1.54, 1.807) is 12.4 Å². The molecule has 0 bridgehead atoms. The van der Waals surface area contributed by atoms with E-state index in [0.717, 1.165) is 23.4 Å². The molecule has 0 saturated heterocycles. The monoisotopic (exact) mass is 261 g/mol. The molecule has 2 aromatic rings. The number of pyridine rings is 1. The molecule has 0 aliphatic rings. The van der Waals surface area contributed by atoms with Crippen molar-refractivity contribution in [3.8, 4) is 0 Å². The lowest BCUT2D eigenvalue weighted by molar-refractivity contribution is 0.660. The molecule has 0 amide bonds. The molecule has 94 valence electrons. The van der Waals surface area contributed by atoms with E-state index in [4.69, 9.17) is 18.0 Å². The maximum Gasteiger partial charge on any atom is 0.140 e. The zero-order valence-corrected chi connectivity index (χ0v) is 11.2. The Kier molecular flexibility index (Phi) is 3.57. The second kappa shape index (κ2) is 5.14. The van der Waals surface area contributed by atoms with Crippen molar-refractivity contribution in [2.75, 3.05) is 5.32 Å². The van der Waals surface area contributed by atoms with E-state index < -0.39 is 0 Å². The van der Waals surface area contributed by atoms with E-state index in [1.165, 1.54) is 0 Å². The molecular weight excluding hydrogens is 246 g/mol. The maximum absolute atomic E-state index is 5.73. The van der Waals surface area contributed by atoms with Crippen molar-refractivity contribution in [3.05, 3.63) is 35.8 Å². The Bertz CT molecular complexity index is 576. The topological polar surface area (TPSA) is 68.8 Å². The first-order valence-electron chi connectivity index (χ1n) is 5.66. The number of aromatic nitrogens is 3. The normalized spacial score (nSPS) is 10.3. The standard InChI is InChI=1S/C12H15N5S/c1-3-17-7-9(6-15-17)16-12-10(11(13)18)8(2)4-5-14-12/h4-7H,3H2,1-2H3,(H2,13,18)(H,14,16). The summed E-state index contributed by atoms with van der Waals surface area (Å²) in [7, 11) is 0. The van der Waals surface area contributed by atoms with Crippen molar-refractivity contribution < 1.29 is 0 Å². The Labute approximate surface area is 111 Å². The van der Waals surface area contributed by atoms with Gasteiger partial charge in [-0.15, -0.1) is 0 Å². The number of nitrogens with two attached hydrogens (primary N) is 1. The molecule has 0 aliphatic heterocycles. The van der Waals surface area contributed by atoms with Crippen LogP contribution in [0.3, 0.4) is 0 Å². The van der Waals surface area contributed by atoms with Crippen LogP contribution in [0.1, 0.15) is 18.1 Å². The van der Waals surface area contributed by atoms with Crippen molar-refractivity contribution in [3.63, 3.8) is 0 Å². The van der Waals surface area contributed by atoms with Crippen LogP contribution in [0.2, 0.25) is 0 Å². The highest BCUT2D eigenvalue weighted by molar-refractivity contribution is 7.80. The van der Waals surface area contributed by atoms with Crippen LogP contribution in [0.5, 0.6) is 0 Å². The van der Waals surface area contributed by atoms with Crippen molar-refractivity contribution in [1.82, 2.24) is 14.8 Å². The molecule has 3 N–H and O–H groups in total. The minimum absolute atomic E-state index is 0.339. The third kappa shape index (κ3) is 2.48. The number of hydrogen-bond acceptors (Lipinski definition) is 4. The van der Waals surface area contributed by atoms with Gasteiger partial charge in [0.15, 0.2) is 0 Å². The highest BCUT2D eigenvalue weighted by Gasteiger charge is 2.10. The van der Waals surface area contributed by atoms with Crippen molar-refractivity contribution in [1.29, 1.82) is 0 Å². The molecule has 0 spiro atoms. The van der Waals surface area contributed by atoms with Crippen LogP contribution < -0.4 is 11.1 Å². The summed E-state index contributed by atoms with van der Waals surface area (Å²) in [6.07, 6.45) is 5.38. The molecule has 0 aliphatic carbocycles. The first-order valence-corrected chi connectivity index (χ1v) is 6.07. The Hall–Kier alpha value is -1.95. The van der Waals surface area contributed by atoms with E-state index in [9.17, 15) is 0 Å². The van der Waals surface area contributed by atoms with Crippen LogP contribution in [0.15, 0.2) is 24.7 Å². The lowest BCUT2D eigenvalue weighted by Gasteiger charge is -2.10. The molecule has 0 saturated carbocycles. The molecule has 0 fully saturated rings. The van der Waals surface area contributed by atoms with Gasteiger partial charge in [0.2, 0.25) is 0 Å². The molecular formula is C12H15N5S. The Morgan fingerprint density at radius 3 is 2.94 bits per heavy atom. The smallest absolute Gasteiger partial charge is 0.140 e. The lowest BCUT2D eigenvalue weighted by atomic mass is 10.1. The molecule has 2 rings (SSSR count). The summed E-state index contributed by atoms with van der Waals surface area (Å²) in [4.78, 5) is 4.61. The van der Waals surface area contributed by atoms with Crippen LogP contribution in [-0.2, 0) is 6.54 Å². The average molecular weight is 261 g/mol. The number of nitrogens with zero attached hydrogens (tertiary/aromatic N) is 3. The zero-order valence-electron chi connectivity index (χ0n) is 10.3. The second-order valence-electron chi connectivity index (χ2n) is 3.93. The summed E-state index contributed by atoms with van der Waals surface area (Å²) in [6.45, 7) is 4.81. The summed E-state index contributed by atoms with van der Waals surface area (Å²) in [5, 5.41) is 7.38. The molecule has 5 nitrogen and oxygen atoms in total. The van der Waals surface area contributed by atoms with Gasteiger partial charge in [0, 0.05) is 18.9 Å². The van der Waals surface area contributed by atoms with Crippen molar-refractivity contribution in [2.24, 2.45) is 5.73 Å². The average Bonchev–Trinajstić information content (AvgIpc) is 2.76. The SMILES string of the molecule is CCn1cc(Nc2nccc(C)c2C(N)=S)cn1. The number of nitrogens with one attached hydrogen (secondary N) is 1. The van der Waals surface area contributed by atoms with E-state index in [2.05, 4.69) is 15.4 Å². The minimum atomic E-state index is 0.339. The van der Waals surface area contributed by atoms with Gasteiger partial charge >= 0.3 is 0 Å². The van der Waals surface area contributed by atoms with Crippen LogP contribution in [-0.4, -0.2) is 19.8 Å². The predicted octanol–water partition coefficient (Wildman–Crippen LogP) is 1.98. The number of aryl methyl sites for hydroxylation is 2. The number of hydrogen-bond donors (Lipinski definition) is 2. The highest BCUT2D eigenvalue weighted by Crippen LogP contribution is 2.20. The van der Waals surface area contributed by atoms with Gasteiger partial charge in [-0.25, -0.2) is 4.98 Å². The quantitative estimate of drug-likeness (QED) is 0.824. The molecule has 18 heavy (non-hydrogen) atoms. The summed E-state index contributed by atoms with van der Waals surface area (Å²) in [5.74, 6) is 0.665. The summed E-state index contributed by atoms with van der Waals surface area (Å²) >= 11 is 5.06. The van der Waals surface area contributed by atoms with Gasteiger partial charge in [-0.3, -0.25) is 4.68 Å². The van der Waals surface area contributed by atoms with Gasteiger partial charge in [0.1, 0.15) is 10.8 Å². The van der Waals surface area contributed by atoms with Crippen molar-refractivity contribution in [2.45, 2.75) is 20.4 Å². The Morgan fingerprint density at radius 2 is 2.33 bits per heavy atom. The summed E-state index contributed by atoms with van der Waals surface area (Å²) < 4.78 is 1.83. The van der Waals surface area contributed by atoms with Gasteiger partial charge < -0.3 is 11.1 Å². The number of thiocarbonyl (C=S) groups is 1. The van der Waals surface area contributed by atoms with Crippen LogP contribution >= 0.6 is 12.2 Å². The number of rotatable bonds is 4. The lowest BCUT2D eigenvalue weighted by Crippen LogP contribution is -2.14. The van der Waals surface area contributed by atoms with Crippen LogP contribution in [0, 0.1) is 6.92 Å². The minimum Gasteiger partial charge on any atom is -0.389 e. The number of anilines is 2. The fourth-order valence-corrected chi connectivity index (χ4v) is 1.96. The van der Waals surface area contributed by atoms with E-state index in [0.29, 0.717) is 10.8 Å². The first kappa shape index (κ1) is 12.5. The molecule has 6 heteroatoms. The van der Waals surface area contributed by atoms with Gasteiger partial charge in [0.25, 0.3) is 0 Å². The third-order valence-corrected chi connectivity index (χ3v) is 2.83. The Balaban J connectivity index is 2.34. The maximum atomic E-state index is 5.73. The Morgan fingerprint density at radius 1 is 1.56 bits per heavy atom. The van der Waals surface area contributed by atoms with Gasteiger partial charge in [-0.2, -0.15) is 5.10 Å². The fourth-order valence-electron chi connectivity index (χ4n) is 1.70. The van der Waals surface area contributed by atoms with Gasteiger partial charge in [0.05, 0.1) is 17.4 Å². The molecule has 2 heterocycles. The third-order valence-electron chi connectivity index (χ3n) is 2.63. The molecule has 0 radical (unpaired) electrons.